The fourth-order valence-corrected chi connectivity index (χ4v) is 2.64. The van der Waals surface area contributed by atoms with Crippen LogP contribution in [0.5, 0.6) is 0 Å². The summed E-state index contributed by atoms with van der Waals surface area (Å²) in [4.78, 5) is 19.8. The topological polar surface area (TPSA) is 74.4 Å². The molecule has 1 aliphatic heterocycles. The van der Waals surface area contributed by atoms with Crippen LogP contribution in [0.25, 0.3) is 0 Å². The van der Waals surface area contributed by atoms with Crippen molar-refractivity contribution in [2.75, 3.05) is 57.5 Å². The number of nitrogens with zero attached hydrogens (tertiary/aromatic N) is 6. The van der Waals surface area contributed by atoms with Crippen molar-refractivity contribution in [1.82, 2.24) is 24.8 Å². The molecular formula is C14H27N7. The van der Waals surface area contributed by atoms with Crippen molar-refractivity contribution < 1.29 is 0 Å². The quantitative estimate of drug-likeness (QED) is 0.852. The van der Waals surface area contributed by atoms with E-state index in [0.29, 0.717) is 11.9 Å². The molecule has 1 aromatic rings. The SMILES string of the molecule is CCCN1CCN(C(C)c2nc(N)nc(N(C)C)n2)CC1. The molecule has 0 bridgehead atoms. The molecule has 0 amide bonds. The summed E-state index contributed by atoms with van der Waals surface area (Å²) in [6, 6.07) is 0.165. The highest BCUT2D eigenvalue weighted by Gasteiger charge is 2.24. The summed E-state index contributed by atoms with van der Waals surface area (Å²) in [6.07, 6.45) is 1.21. The van der Waals surface area contributed by atoms with Gasteiger partial charge in [-0.1, -0.05) is 6.92 Å². The van der Waals surface area contributed by atoms with E-state index >= 15 is 0 Å². The summed E-state index contributed by atoms with van der Waals surface area (Å²) in [5, 5.41) is 0. The lowest BCUT2D eigenvalue weighted by atomic mass is 10.2. The van der Waals surface area contributed by atoms with E-state index in [-0.39, 0.29) is 6.04 Å². The maximum absolute atomic E-state index is 5.81. The highest BCUT2D eigenvalue weighted by atomic mass is 15.3. The van der Waals surface area contributed by atoms with Crippen molar-refractivity contribution in [2.45, 2.75) is 26.3 Å². The number of piperazine rings is 1. The molecule has 0 saturated carbocycles. The lowest BCUT2D eigenvalue weighted by molar-refractivity contribution is 0.0992. The standard InChI is InChI=1S/C14H27N7/c1-5-6-20-7-9-21(10-8-20)11(2)12-16-13(15)18-14(17-12)19(3)4/h11H,5-10H2,1-4H3,(H2,15,16,17,18). The molecule has 7 nitrogen and oxygen atoms in total. The van der Waals surface area contributed by atoms with Gasteiger partial charge >= 0.3 is 0 Å². The second-order valence-corrected chi connectivity index (χ2v) is 5.80. The number of anilines is 2. The molecule has 2 N–H and O–H groups in total. The first-order chi connectivity index (χ1) is 10.0. The van der Waals surface area contributed by atoms with Gasteiger partial charge in [-0.15, -0.1) is 0 Å². The highest BCUT2D eigenvalue weighted by molar-refractivity contribution is 5.33. The Labute approximate surface area is 127 Å². The van der Waals surface area contributed by atoms with E-state index in [1.807, 2.05) is 19.0 Å². The average molecular weight is 293 g/mol. The van der Waals surface area contributed by atoms with Crippen molar-refractivity contribution in [2.24, 2.45) is 0 Å². The van der Waals surface area contributed by atoms with Crippen LogP contribution >= 0.6 is 0 Å². The number of nitrogens with two attached hydrogens (primary N) is 1. The summed E-state index contributed by atoms with van der Waals surface area (Å²) < 4.78 is 0. The van der Waals surface area contributed by atoms with E-state index in [9.17, 15) is 0 Å². The van der Waals surface area contributed by atoms with Crippen LogP contribution in [0.4, 0.5) is 11.9 Å². The maximum Gasteiger partial charge on any atom is 0.229 e. The van der Waals surface area contributed by atoms with Gasteiger partial charge in [0.15, 0.2) is 5.82 Å². The van der Waals surface area contributed by atoms with Gasteiger partial charge in [-0.3, -0.25) is 4.90 Å². The third-order valence-electron chi connectivity index (χ3n) is 3.93. The minimum Gasteiger partial charge on any atom is -0.368 e. The number of rotatable bonds is 5. The Kier molecular flexibility index (Phi) is 5.30. The van der Waals surface area contributed by atoms with Gasteiger partial charge in [0.25, 0.3) is 0 Å². The lowest BCUT2D eigenvalue weighted by Crippen LogP contribution is -2.47. The first-order valence-electron chi connectivity index (χ1n) is 7.66. The molecule has 2 rings (SSSR count). The molecule has 1 aromatic heterocycles. The Morgan fingerprint density at radius 3 is 2.38 bits per heavy atom. The predicted octanol–water partition coefficient (Wildman–Crippen LogP) is 0.608. The van der Waals surface area contributed by atoms with E-state index < -0.39 is 0 Å². The summed E-state index contributed by atoms with van der Waals surface area (Å²) in [6.45, 7) is 9.87. The van der Waals surface area contributed by atoms with Crippen molar-refractivity contribution in [1.29, 1.82) is 0 Å². The van der Waals surface area contributed by atoms with E-state index in [1.165, 1.54) is 13.0 Å². The number of hydrogen-bond donors (Lipinski definition) is 1. The predicted molar refractivity (Wildman–Crippen MR) is 85.3 cm³/mol. The third-order valence-corrected chi connectivity index (χ3v) is 3.93. The second kappa shape index (κ2) is 7.00. The van der Waals surface area contributed by atoms with Gasteiger partial charge in [0.2, 0.25) is 11.9 Å². The zero-order valence-corrected chi connectivity index (χ0v) is 13.6. The van der Waals surface area contributed by atoms with Gasteiger partial charge in [-0.25, -0.2) is 0 Å². The molecule has 1 aliphatic rings. The number of nitrogen functional groups attached to an aromatic ring is 1. The molecule has 118 valence electrons. The molecule has 7 heteroatoms. The first kappa shape index (κ1) is 15.9. The van der Waals surface area contributed by atoms with Crippen LogP contribution in [-0.2, 0) is 0 Å². The minimum absolute atomic E-state index is 0.165. The Morgan fingerprint density at radius 2 is 1.81 bits per heavy atom. The molecular weight excluding hydrogens is 266 g/mol. The summed E-state index contributed by atoms with van der Waals surface area (Å²) in [7, 11) is 3.82. The van der Waals surface area contributed by atoms with Gasteiger partial charge in [-0.05, 0) is 19.9 Å². The third kappa shape index (κ3) is 4.01. The molecule has 1 fully saturated rings. The molecule has 0 aromatic carbocycles. The Bertz CT molecular complexity index is 455. The molecule has 1 saturated heterocycles. The zero-order chi connectivity index (χ0) is 15.4. The maximum atomic E-state index is 5.81. The number of aromatic nitrogens is 3. The van der Waals surface area contributed by atoms with Crippen LogP contribution in [-0.4, -0.2) is 71.6 Å². The van der Waals surface area contributed by atoms with E-state index in [2.05, 4.69) is 38.6 Å². The van der Waals surface area contributed by atoms with Crippen LogP contribution in [0.3, 0.4) is 0 Å². The van der Waals surface area contributed by atoms with Crippen LogP contribution in [0, 0.1) is 0 Å². The molecule has 0 aliphatic carbocycles. The molecule has 2 heterocycles. The first-order valence-corrected chi connectivity index (χ1v) is 7.66. The minimum atomic E-state index is 0.165. The second-order valence-electron chi connectivity index (χ2n) is 5.80. The van der Waals surface area contributed by atoms with Crippen molar-refractivity contribution in [3.05, 3.63) is 5.82 Å². The zero-order valence-electron chi connectivity index (χ0n) is 13.6. The summed E-state index contributed by atoms with van der Waals surface area (Å²) >= 11 is 0. The smallest absolute Gasteiger partial charge is 0.229 e. The van der Waals surface area contributed by atoms with Gasteiger partial charge in [-0.2, -0.15) is 15.0 Å². The molecule has 21 heavy (non-hydrogen) atoms. The largest absolute Gasteiger partial charge is 0.368 e. The van der Waals surface area contributed by atoms with Gasteiger partial charge in [0, 0.05) is 40.3 Å². The van der Waals surface area contributed by atoms with Crippen molar-refractivity contribution >= 4 is 11.9 Å². The molecule has 1 unspecified atom stereocenters. The summed E-state index contributed by atoms with van der Waals surface area (Å²) in [5.41, 5.74) is 5.81. The average Bonchev–Trinajstić information content (AvgIpc) is 2.47. The number of hydrogen-bond acceptors (Lipinski definition) is 7. The normalized spacial score (nSPS) is 18.7. The van der Waals surface area contributed by atoms with Crippen LogP contribution in [0.1, 0.15) is 32.1 Å². The van der Waals surface area contributed by atoms with E-state index in [4.69, 9.17) is 5.73 Å². The monoisotopic (exact) mass is 293 g/mol. The van der Waals surface area contributed by atoms with Gasteiger partial charge < -0.3 is 15.5 Å². The van der Waals surface area contributed by atoms with Crippen LogP contribution in [0.15, 0.2) is 0 Å². The van der Waals surface area contributed by atoms with Gasteiger partial charge in [0.05, 0.1) is 6.04 Å². The van der Waals surface area contributed by atoms with Crippen molar-refractivity contribution in [3.63, 3.8) is 0 Å². The highest BCUT2D eigenvalue weighted by Crippen LogP contribution is 2.20. The van der Waals surface area contributed by atoms with Crippen LogP contribution in [0.2, 0.25) is 0 Å². The Hall–Kier alpha value is -1.47. The fourth-order valence-electron chi connectivity index (χ4n) is 2.64. The Morgan fingerprint density at radius 1 is 1.14 bits per heavy atom. The summed E-state index contributed by atoms with van der Waals surface area (Å²) in [5.74, 6) is 1.67. The van der Waals surface area contributed by atoms with Crippen LogP contribution < -0.4 is 10.6 Å². The van der Waals surface area contributed by atoms with E-state index in [1.54, 1.807) is 0 Å². The van der Waals surface area contributed by atoms with Gasteiger partial charge in [0.1, 0.15) is 0 Å². The van der Waals surface area contributed by atoms with Crippen molar-refractivity contribution in [3.8, 4) is 0 Å². The molecule has 0 spiro atoms. The molecule has 1 atom stereocenters. The molecule has 0 radical (unpaired) electrons. The fraction of sp³-hybridized carbons (Fsp3) is 0.786. The lowest BCUT2D eigenvalue weighted by Gasteiger charge is -2.37. The Balaban J connectivity index is 2.05. The van der Waals surface area contributed by atoms with E-state index in [0.717, 1.165) is 32.0 Å².